The van der Waals surface area contributed by atoms with E-state index >= 15 is 0 Å². The Morgan fingerprint density at radius 1 is 1.07 bits per heavy atom. The zero-order valence-corrected chi connectivity index (χ0v) is 21.4. The predicted octanol–water partition coefficient (Wildman–Crippen LogP) is 4.57. The summed E-state index contributed by atoms with van der Waals surface area (Å²) in [6.07, 6.45) is -3.02. The molecule has 0 saturated carbocycles. The average Bonchev–Trinajstić information content (AvgIpc) is 3.43. The van der Waals surface area contributed by atoms with Crippen molar-refractivity contribution in [2.24, 2.45) is 0 Å². The number of aromatic nitrogens is 1. The van der Waals surface area contributed by atoms with Gasteiger partial charge in [0, 0.05) is 13.1 Å². The molecule has 0 bridgehead atoms. The van der Waals surface area contributed by atoms with Crippen molar-refractivity contribution in [3.05, 3.63) is 83.0 Å². The normalized spacial score (nSPS) is 15.1. The van der Waals surface area contributed by atoms with Crippen molar-refractivity contribution < 1.29 is 32.6 Å². The molecular weight excluding hydrogens is 525 g/mol. The Balaban J connectivity index is 1.49. The molecule has 3 aromatic rings. The van der Waals surface area contributed by atoms with Crippen LogP contribution < -0.4 is 10.2 Å². The van der Waals surface area contributed by atoms with Gasteiger partial charge < -0.3 is 20.1 Å². The maximum Gasteiger partial charge on any atom is 0.433 e. The van der Waals surface area contributed by atoms with E-state index in [-0.39, 0.29) is 18.3 Å². The lowest BCUT2D eigenvalue weighted by Gasteiger charge is -2.26. The number of alkyl halides is 3. The minimum atomic E-state index is -4.69. The molecule has 1 amide bonds. The fraction of sp³-hybridized carbons (Fsp3) is 0.310. The lowest BCUT2D eigenvalue weighted by atomic mass is 10.0. The van der Waals surface area contributed by atoms with Crippen molar-refractivity contribution in [2.45, 2.75) is 38.1 Å². The predicted molar refractivity (Wildman–Crippen MR) is 140 cm³/mol. The standard InChI is InChI=1S/C29H27F3N4O4/c30-29(31,32)25-14-23(22-9-7-21(8-10-22)17-40-18-27(37)38)15-26(35-25)36-13-1-2-24(36)28(39)34-12-11-19-3-5-20(16-33)6-4-19/h3-10,14-15,24H,1-2,11-13,17-18H2,(H,34,39)(H,37,38). The van der Waals surface area contributed by atoms with Gasteiger partial charge in [0.1, 0.15) is 24.2 Å². The number of carboxylic acid groups (broad SMARTS) is 1. The van der Waals surface area contributed by atoms with Crippen LogP contribution in [-0.2, 0) is 33.5 Å². The third-order valence-corrected chi connectivity index (χ3v) is 6.53. The molecule has 208 valence electrons. The maximum absolute atomic E-state index is 13.8. The van der Waals surface area contributed by atoms with E-state index in [2.05, 4.69) is 16.4 Å². The SMILES string of the molecule is N#Cc1ccc(CCNC(=O)C2CCCN2c2cc(-c3ccc(COCC(=O)O)cc3)cc(C(F)(F)F)n2)cc1. The van der Waals surface area contributed by atoms with Gasteiger partial charge >= 0.3 is 12.1 Å². The first-order valence-electron chi connectivity index (χ1n) is 12.7. The number of halogens is 3. The van der Waals surface area contributed by atoms with E-state index < -0.39 is 30.5 Å². The van der Waals surface area contributed by atoms with Crippen LogP contribution in [0, 0.1) is 11.3 Å². The molecule has 1 fully saturated rings. The number of aliphatic carboxylic acids is 1. The first-order chi connectivity index (χ1) is 19.1. The number of amides is 1. The molecule has 1 unspecified atom stereocenters. The van der Waals surface area contributed by atoms with Gasteiger partial charge in [0.05, 0.1) is 18.2 Å². The summed E-state index contributed by atoms with van der Waals surface area (Å²) in [4.78, 5) is 29.1. The lowest BCUT2D eigenvalue weighted by Crippen LogP contribution is -2.44. The smallest absolute Gasteiger partial charge is 0.433 e. The van der Waals surface area contributed by atoms with Crippen molar-refractivity contribution in [1.29, 1.82) is 5.26 Å². The Labute approximate surface area is 229 Å². The minimum absolute atomic E-state index is 0.0533. The number of hydrogen-bond donors (Lipinski definition) is 2. The zero-order chi connectivity index (χ0) is 28.7. The lowest BCUT2D eigenvalue weighted by molar-refractivity contribution is -0.143. The molecule has 1 atom stereocenters. The summed E-state index contributed by atoms with van der Waals surface area (Å²) in [6.45, 7) is 0.336. The number of carbonyl (C=O) groups is 2. The van der Waals surface area contributed by atoms with Crippen LogP contribution >= 0.6 is 0 Å². The van der Waals surface area contributed by atoms with Crippen molar-refractivity contribution in [2.75, 3.05) is 24.6 Å². The molecule has 11 heteroatoms. The summed E-state index contributed by atoms with van der Waals surface area (Å²) in [5.41, 5.74) is 1.92. The molecule has 0 radical (unpaired) electrons. The molecule has 0 spiro atoms. The molecule has 1 aliphatic rings. The second-order valence-corrected chi connectivity index (χ2v) is 9.38. The number of hydrogen-bond acceptors (Lipinski definition) is 6. The van der Waals surface area contributed by atoms with Crippen molar-refractivity contribution in [1.82, 2.24) is 10.3 Å². The van der Waals surface area contributed by atoms with Crippen LogP contribution in [0.4, 0.5) is 19.0 Å². The molecule has 2 aromatic carbocycles. The Bertz CT molecular complexity index is 1390. The summed E-state index contributed by atoms with van der Waals surface area (Å²) >= 11 is 0. The highest BCUT2D eigenvalue weighted by Gasteiger charge is 2.36. The Kier molecular flexibility index (Phi) is 9.01. The first-order valence-corrected chi connectivity index (χ1v) is 12.7. The van der Waals surface area contributed by atoms with Gasteiger partial charge in [-0.2, -0.15) is 18.4 Å². The largest absolute Gasteiger partial charge is 0.480 e. The highest BCUT2D eigenvalue weighted by molar-refractivity contribution is 5.86. The van der Waals surface area contributed by atoms with E-state index in [0.717, 1.165) is 11.6 Å². The highest BCUT2D eigenvalue weighted by atomic mass is 19.4. The van der Waals surface area contributed by atoms with Crippen molar-refractivity contribution in [3.63, 3.8) is 0 Å². The fourth-order valence-electron chi connectivity index (χ4n) is 4.53. The Morgan fingerprint density at radius 3 is 2.42 bits per heavy atom. The van der Waals surface area contributed by atoms with E-state index in [1.807, 2.05) is 12.1 Å². The number of benzene rings is 2. The summed E-state index contributed by atoms with van der Waals surface area (Å²) in [7, 11) is 0. The summed E-state index contributed by atoms with van der Waals surface area (Å²) in [5.74, 6) is -1.30. The first kappa shape index (κ1) is 28.6. The van der Waals surface area contributed by atoms with Crippen LogP contribution in [0.25, 0.3) is 11.1 Å². The van der Waals surface area contributed by atoms with Gasteiger partial charge in [-0.25, -0.2) is 9.78 Å². The van der Waals surface area contributed by atoms with E-state index in [4.69, 9.17) is 15.1 Å². The number of pyridine rings is 1. The molecule has 40 heavy (non-hydrogen) atoms. The van der Waals surface area contributed by atoms with Gasteiger partial charge in [-0.3, -0.25) is 4.79 Å². The topological polar surface area (TPSA) is 116 Å². The third kappa shape index (κ3) is 7.36. The summed E-state index contributed by atoms with van der Waals surface area (Å²) in [6, 6.07) is 17.5. The van der Waals surface area contributed by atoms with Crippen LogP contribution in [0.1, 0.15) is 35.2 Å². The second-order valence-electron chi connectivity index (χ2n) is 9.38. The average molecular weight is 553 g/mol. The quantitative estimate of drug-likeness (QED) is 0.379. The van der Waals surface area contributed by atoms with Crippen molar-refractivity contribution in [3.8, 4) is 17.2 Å². The van der Waals surface area contributed by atoms with Crippen molar-refractivity contribution >= 4 is 17.7 Å². The summed E-state index contributed by atoms with van der Waals surface area (Å²) < 4.78 is 46.5. The number of nitrogens with one attached hydrogen (secondary N) is 1. The van der Waals surface area contributed by atoms with Crippen LogP contribution in [-0.4, -0.2) is 47.7 Å². The van der Waals surface area contributed by atoms with E-state index in [0.29, 0.717) is 54.6 Å². The van der Waals surface area contributed by atoms with Gasteiger partial charge in [0.15, 0.2) is 0 Å². The second kappa shape index (κ2) is 12.6. The van der Waals surface area contributed by atoms with Crippen LogP contribution in [0.3, 0.4) is 0 Å². The number of rotatable bonds is 10. The van der Waals surface area contributed by atoms with E-state index in [1.54, 1.807) is 47.4 Å². The van der Waals surface area contributed by atoms with E-state index in [1.165, 1.54) is 0 Å². The highest BCUT2D eigenvalue weighted by Crippen LogP contribution is 2.35. The van der Waals surface area contributed by atoms with E-state index in [9.17, 15) is 22.8 Å². The third-order valence-electron chi connectivity index (χ3n) is 6.53. The minimum Gasteiger partial charge on any atom is -0.480 e. The molecule has 2 N–H and O–H groups in total. The fourth-order valence-corrected chi connectivity index (χ4v) is 4.53. The number of nitriles is 1. The number of anilines is 1. The molecule has 2 heterocycles. The molecule has 8 nitrogen and oxygen atoms in total. The van der Waals surface area contributed by atoms with Gasteiger partial charge in [-0.1, -0.05) is 36.4 Å². The zero-order valence-electron chi connectivity index (χ0n) is 21.4. The van der Waals surface area contributed by atoms with Gasteiger partial charge in [0.25, 0.3) is 0 Å². The number of carboxylic acids is 1. The van der Waals surface area contributed by atoms with Crippen LogP contribution in [0.2, 0.25) is 0 Å². The molecule has 1 aromatic heterocycles. The monoisotopic (exact) mass is 552 g/mol. The maximum atomic E-state index is 13.8. The van der Waals surface area contributed by atoms with Gasteiger partial charge in [-0.15, -0.1) is 0 Å². The number of ether oxygens (including phenoxy) is 1. The Hall–Kier alpha value is -4.43. The molecule has 4 rings (SSSR count). The van der Waals surface area contributed by atoms with Gasteiger partial charge in [0.2, 0.25) is 5.91 Å². The molecule has 1 saturated heterocycles. The van der Waals surface area contributed by atoms with Gasteiger partial charge in [-0.05, 0) is 65.8 Å². The van der Waals surface area contributed by atoms with Crippen LogP contribution in [0.5, 0.6) is 0 Å². The Morgan fingerprint density at radius 2 is 1.77 bits per heavy atom. The molecular formula is C29H27F3N4O4. The van der Waals surface area contributed by atoms with Crippen LogP contribution in [0.15, 0.2) is 60.7 Å². The molecule has 0 aliphatic carbocycles. The number of nitrogens with zero attached hydrogens (tertiary/aromatic N) is 3. The summed E-state index contributed by atoms with van der Waals surface area (Å²) in [5, 5.41) is 20.5. The number of carbonyl (C=O) groups excluding carboxylic acids is 1. The molecule has 1 aliphatic heterocycles.